The summed E-state index contributed by atoms with van der Waals surface area (Å²) in [5.74, 6) is -0.234. The number of carboxylic acid groups (broad SMARTS) is 1. The molecule has 0 aliphatic carbocycles. The first-order valence-corrected chi connectivity index (χ1v) is 5.73. The van der Waals surface area contributed by atoms with Crippen LogP contribution in [-0.4, -0.2) is 41.1 Å². The number of hydrogen-bond acceptors (Lipinski definition) is 3. The molecule has 1 heterocycles. The van der Waals surface area contributed by atoms with Crippen LogP contribution in [0.3, 0.4) is 0 Å². The van der Waals surface area contributed by atoms with Crippen molar-refractivity contribution in [1.82, 2.24) is 4.90 Å². The summed E-state index contributed by atoms with van der Waals surface area (Å²) >= 11 is 0. The lowest BCUT2D eigenvalue weighted by Crippen LogP contribution is -2.51. The van der Waals surface area contributed by atoms with E-state index in [1.807, 2.05) is 13.8 Å². The van der Waals surface area contributed by atoms with Crippen molar-refractivity contribution in [2.24, 2.45) is 11.7 Å². The van der Waals surface area contributed by atoms with E-state index in [4.69, 9.17) is 5.73 Å². The number of likely N-dealkylation sites (tertiary alicyclic amines) is 1. The first-order valence-electron chi connectivity index (χ1n) is 5.73. The number of nitrogens with zero attached hydrogens (tertiary/aromatic N) is 1. The fraction of sp³-hybridized carbons (Fsp3) is 0.909. The van der Waals surface area contributed by atoms with Crippen LogP contribution in [-0.2, 0) is 4.79 Å². The highest BCUT2D eigenvalue weighted by Crippen LogP contribution is 2.28. The number of carbonyl (C=O) groups is 1. The zero-order valence-corrected chi connectivity index (χ0v) is 9.70. The molecule has 1 rings (SSSR count). The molecule has 0 aromatic heterocycles. The van der Waals surface area contributed by atoms with Gasteiger partial charge in [0.05, 0.1) is 0 Å². The van der Waals surface area contributed by atoms with Crippen molar-refractivity contribution in [1.29, 1.82) is 0 Å². The summed E-state index contributed by atoms with van der Waals surface area (Å²) in [5.41, 5.74) is 4.92. The van der Waals surface area contributed by atoms with E-state index in [0.29, 0.717) is 18.9 Å². The smallest absolute Gasteiger partial charge is 0.323 e. The minimum atomic E-state index is -0.706. The first-order chi connectivity index (χ1) is 7.04. The predicted molar refractivity (Wildman–Crippen MR) is 59.7 cm³/mol. The third kappa shape index (κ3) is 2.49. The lowest BCUT2D eigenvalue weighted by molar-refractivity contribution is -0.150. The van der Waals surface area contributed by atoms with Gasteiger partial charge in [-0.3, -0.25) is 9.69 Å². The number of rotatable bonds is 5. The van der Waals surface area contributed by atoms with Gasteiger partial charge in [-0.2, -0.15) is 0 Å². The molecule has 0 saturated carbocycles. The van der Waals surface area contributed by atoms with Gasteiger partial charge in [0, 0.05) is 6.54 Å². The highest BCUT2D eigenvalue weighted by Gasteiger charge is 2.41. The van der Waals surface area contributed by atoms with Crippen LogP contribution >= 0.6 is 0 Å². The molecule has 1 aliphatic heterocycles. The van der Waals surface area contributed by atoms with Crippen molar-refractivity contribution in [2.45, 2.75) is 38.6 Å². The maximum Gasteiger partial charge on any atom is 0.323 e. The number of hydrogen-bond donors (Lipinski definition) is 2. The van der Waals surface area contributed by atoms with E-state index in [2.05, 4.69) is 4.90 Å². The SMILES string of the molecule is CCCC(C)(C(=O)O)N1CCC(CN)C1. The van der Waals surface area contributed by atoms with Crippen molar-refractivity contribution >= 4 is 5.97 Å². The van der Waals surface area contributed by atoms with Crippen LogP contribution in [0.4, 0.5) is 0 Å². The Bertz CT molecular complexity index is 233. The van der Waals surface area contributed by atoms with Crippen molar-refractivity contribution < 1.29 is 9.90 Å². The third-order valence-corrected chi connectivity index (χ3v) is 3.51. The van der Waals surface area contributed by atoms with E-state index in [-0.39, 0.29) is 0 Å². The molecule has 2 atom stereocenters. The molecule has 1 saturated heterocycles. The molecule has 0 spiro atoms. The molecule has 0 aromatic carbocycles. The summed E-state index contributed by atoms with van der Waals surface area (Å²) in [7, 11) is 0. The molecule has 88 valence electrons. The lowest BCUT2D eigenvalue weighted by Gasteiger charge is -2.34. The fourth-order valence-electron chi connectivity index (χ4n) is 2.36. The van der Waals surface area contributed by atoms with Gasteiger partial charge in [0.1, 0.15) is 5.54 Å². The second-order valence-corrected chi connectivity index (χ2v) is 4.67. The van der Waals surface area contributed by atoms with Crippen LogP contribution in [0.5, 0.6) is 0 Å². The molecule has 15 heavy (non-hydrogen) atoms. The van der Waals surface area contributed by atoms with E-state index in [9.17, 15) is 9.90 Å². The Morgan fingerprint density at radius 2 is 2.33 bits per heavy atom. The summed E-state index contributed by atoms with van der Waals surface area (Å²) in [4.78, 5) is 13.4. The number of aliphatic carboxylic acids is 1. The maximum atomic E-state index is 11.3. The van der Waals surface area contributed by atoms with E-state index in [1.54, 1.807) is 0 Å². The van der Waals surface area contributed by atoms with Crippen LogP contribution < -0.4 is 5.73 Å². The zero-order valence-electron chi connectivity index (χ0n) is 9.70. The maximum absolute atomic E-state index is 11.3. The Labute approximate surface area is 91.4 Å². The average Bonchev–Trinajstić information content (AvgIpc) is 2.66. The Balaban J connectivity index is 2.69. The summed E-state index contributed by atoms with van der Waals surface area (Å²) in [5, 5.41) is 9.31. The molecule has 3 N–H and O–H groups in total. The Kier molecular flexibility index (Phi) is 4.11. The van der Waals surface area contributed by atoms with Gasteiger partial charge in [-0.15, -0.1) is 0 Å². The van der Waals surface area contributed by atoms with E-state index >= 15 is 0 Å². The quantitative estimate of drug-likeness (QED) is 0.714. The Morgan fingerprint density at radius 1 is 1.67 bits per heavy atom. The van der Waals surface area contributed by atoms with Gasteiger partial charge in [0.15, 0.2) is 0 Å². The van der Waals surface area contributed by atoms with Gasteiger partial charge in [-0.05, 0) is 38.8 Å². The van der Waals surface area contributed by atoms with E-state index in [0.717, 1.165) is 25.9 Å². The predicted octanol–water partition coefficient (Wildman–Crippen LogP) is 0.910. The molecule has 0 radical (unpaired) electrons. The van der Waals surface area contributed by atoms with Crippen molar-refractivity contribution in [3.8, 4) is 0 Å². The van der Waals surface area contributed by atoms with Gasteiger partial charge in [0.25, 0.3) is 0 Å². The van der Waals surface area contributed by atoms with Crippen LogP contribution in [0, 0.1) is 5.92 Å². The van der Waals surface area contributed by atoms with Gasteiger partial charge in [0.2, 0.25) is 0 Å². The van der Waals surface area contributed by atoms with Gasteiger partial charge in [-0.25, -0.2) is 0 Å². The second-order valence-electron chi connectivity index (χ2n) is 4.67. The standard InChI is InChI=1S/C11H22N2O2/c1-3-5-11(2,10(14)15)13-6-4-9(7-12)8-13/h9H,3-8,12H2,1-2H3,(H,14,15). The molecular formula is C11H22N2O2. The molecule has 2 unspecified atom stereocenters. The minimum absolute atomic E-state index is 0.473. The van der Waals surface area contributed by atoms with Gasteiger partial charge in [-0.1, -0.05) is 13.3 Å². The third-order valence-electron chi connectivity index (χ3n) is 3.51. The molecule has 1 aliphatic rings. The number of carboxylic acids is 1. The molecule has 0 amide bonds. The zero-order chi connectivity index (χ0) is 11.5. The van der Waals surface area contributed by atoms with Crippen molar-refractivity contribution in [2.75, 3.05) is 19.6 Å². The van der Waals surface area contributed by atoms with Crippen LogP contribution in [0.1, 0.15) is 33.1 Å². The highest BCUT2D eigenvalue weighted by atomic mass is 16.4. The van der Waals surface area contributed by atoms with Crippen LogP contribution in [0.2, 0.25) is 0 Å². The van der Waals surface area contributed by atoms with Gasteiger partial charge >= 0.3 is 5.97 Å². The molecule has 4 nitrogen and oxygen atoms in total. The normalized spacial score (nSPS) is 26.5. The molecule has 0 bridgehead atoms. The summed E-state index contributed by atoms with van der Waals surface area (Å²) in [6.07, 6.45) is 2.63. The van der Waals surface area contributed by atoms with Gasteiger partial charge < -0.3 is 10.8 Å². The molecule has 1 fully saturated rings. The summed E-state index contributed by atoms with van der Waals surface area (Å²) in [6, 6.07) is 0. The molecular weight excluding hydrogens is 192 g/mol. The molecule has 0 aromatic rings. The minimum Gasteiger partial charge on any atom is -0.480 e. The average molecular weight is 214 g/mol. The monoisotopic (exact) mass is 214 g/mol. The van der Waals surface area contributed by atoms with Crippen LogP contribution in [0.25, 0.3) is 0 Å². The Morgan fingerprint density at radius 3 is 2.73 bits per heavy atom. The topological polar surface area (TPSA) is 66.6 Å². The largest absolute Gasteiger partial charge is 0.480 e. The van der Waals surface area contributed by atoms with Crippen LogP contribution in [0.15, 0.2) is 0 Å². The van der Waals surface area contributed by atoms with E-state index < -0.39 is 11.5 Å². The highest BCUT2D eigenvalue weighted by molar-refractivity contribution is 5.78. The second kappa shape index (κ2) is 4.94. The summed E-state index contributed by atoms with van der Waals surface area (Å²) < 4.78 is 0. The first kappa shape index (κ1) is 12.5. The summed E-state index contributed by atoms with van der Waals surface area (Å²) in [6.45, 7) is 6.22. The Hall–Kier alpha value is -0.610. The fourth-order valence-corrected chi connectivity index (χ4v) is 2.36. The molecule has 4 heteroatoms. The van der Waals surface area contributed by atoms with E-state index in [1.165, 1.54) is 0 Å². The number of nitrogens with two attached hydrogens (primary N) is 1. The van der Waals surface area contributed by atoms with Crippen molar-refractivity contribution in [3.63, 3.8) is 0 Å². The lowest BCUT2D eigenvalue weighted by atomic mass is 9.94. The van der Waals surface area contributed by atoms with Crippen molar-refractivity contribution in [3.05, 3.63) is 0 Å².